The third-order valence-electron chi connectivity index (χ3n) is 4.08. The number of ether oxygens (including phenoxy) is 1. The van der Waals surface area contributed by atoms with Crippen LogP contribution in [-0.4, -0.2) is 32.4 Å². The smallest absolute Gasteiger partial charge is 0.339 e. The second kappa shape index (κ2) is 7.49. The summed E-state index contributed by atoms with van der Waals surface area (Å²) in [5.74, 6) is -0.451. The first kappa shape index (κ1) is 16.5. The van der Waals surface area contributed by atoms with Gasteiger partial charge in [-0.1, -0.05) is 23.7 Å². The number of carbonyl (C=O) groups is 1. The molecule has 5 heteroatoms. The van der Waals surface area contributed by atoms with E-state index in [0.29, 0.717) is 16.3 Å². The zero-order valence-corrected chi connectivity index (χ0v) is 14.3. The third-order valence-corrected chi connectivity index (χ3v) is 4.40. The van der Waals surface area contributed by atoms with Crippen molar-refractivity contribution in [2.45, 2.75) is 12.8 Å². The topological polar surface area (TPSA) is 41.9 Å². The molecule has 2 aromatic carbocycles. The first-order valence-corrected chi connectivity index (χ1v) is 8.32. The normalized spacial score (nSPS) is 14.3. The van der Waals surface area contributed by atoms with E-state index < -0.39 is 5.97 Å². The fraction of sp³-hybridized carbons (Fsp3) is 0.263. The molecule has 0 saturated carbocycles. The molecule has 1 heterocycles. The maximum atomic E-state index is 11.5. The van der Waals surface area contributed by atoms with Crippen LogP contribution in [0.25, 0.3) is 0 Å². The van der Waals surface area contributed by atoms with Gasteiger partial charge in [-0.05, 0) is 48.7 Å². The number of nitrogens with zero attached hydrogens (tertiary/aromatic N) is 2. The average Bonchev–Trinajstić information content (AvgIpc) is 3.14. The Morgan fingerprint density at radius 3 is 2.50 bits per heavy atom. The molecule has 0 N–H and O–H groups in total. The van der Waals surface area contributed by atoms with Crippen molar-refractivity contribution in [3.8, 4) is 0 Å². The number of halogens is 1. The quantitative estimate of drug-likeness (QED) is 0.607. The fourth-order valence-corrected chi connectivity index (χ4v) is 3.01. The Morgan fingerprint density at radius 1 is 1.17 bits per heavy atom. The average molecular weight is 343 g/mol. The molecule has 3 rings (SSSR count). The molecule has 0 bridgehead atoms. The Labute approximate surface area is 146 Å². The first-order valence-electron chi connectivity index (χ1n) is 7.94. The maximum absolute atomic E-state index is 11.5. The van der Waals surface area contributed by atoms with Crippen LogP contribution in [0.5, 0.6) is 0 Å². The van der Waals surface area contributed by atoms with E-state index in [1.165, 1.54) is 25.6 Å². The molecular formula is C19H19ClN2O2. The van der Waals surface area contributed by atoms with Gasteiger partial charge in [0.15, 0.2) is 0 Å². The Morgan fingerprint density at radius 2 is 1.88 bits per heavy atom. The predicted octanol–water partition coefficient (Wildman–Crippen LogP) is 4.48. The van der Waals surface area contributed by atoms with Gasteiger partial charge in [-0.2, -0.15) is 0 Å². The summed E-state index contributed by atoms with van der Waals surface area (Å²) in [7, 11) is 1.33. The van der Waals surface area contributed by atoms with E-state index >= 15 is 0 Å². The minimum absolute atomic E-state index is 0.334. The van der Waals surface area contributed by atoms with Gasteiger partial charge >= 0.3 is 5.97 Å². The number of anilines is 1. The Hall–Kier alpha value is -2.33. The van der Waals surface area contributed by atoms with Gasteiger partial charge in [0.05, 0.1) is 23.4 Å². The van der Waals surface area contributed by atoms with Crippen molar-refractivity contribution in [1.29, 1.82) is 0 Å². The maximum Gasteiger partial charge on any atom is 0.339 e. The number of rotatable bonds is 4. The van der Waals surface area contributed by atoms with Crippen LogP contribution >= 0.6 is 11.6 Å². The van der Waals surface area contributed by atoms with Crippen LogP contribution in [0.1, 0.15) is 28.8 Å². The summed E-state index contributed by atoms with van der Waals surface area (Å²) in [4.78, 5) is 18.3. The lowest BCUT2D eigenvalue weighted by Crippen LogP contribution is -2.17. The summed E-state index contributed by atoms with van der Waals surface area (Å²) in [5.41, 5.74) is 3.31. The molecule has 1 saturated heterocycles. The van der Waals surface area contributed by atoms with E-state index in [9.17, 15) is 4.79 Å². The molecule has 0 spiro atoms. The molecule has 0 unspecified atom stereocenters. The van der Waals surface area contributed by atoms with Crippen LogP contribution in [0.2, 0.25) is 5.02 Å². The number of carbonyl (C=O) groups excluding carboxylic acids is 1. The number of aliphatic imine (C=N–C) groups is 1. The van der Waals surface area contributed by atoms with Crippen molar-refractivity contribution in [2.75, 3.05) is 25.1 Å². The lowest BCUT2D eigenvalue weighted by atomic mass is 10.2. The molecule has 24 heavy (non-hydrogen) atoms. The van der Waals surface area contributed by atoms with Crippen molar-refractivity contribution in [2.24, 2.45) is 4.99 Å². The van der Waals surface area contributed by atoms with Crippen molar-refractivity contribution in [3.63, 3.8) is 0 Å². The molecule has 124 valence electrons. The van der Waals surface area contributed by atoms with E-state index in [-0.39, 0.29) is 0 Å². The lowest BCUT2D eigenvalue weighted by molar-refractivity contribution is 0.0601. The summed E-state index contributed by atoms with van der Waals surface area (Å²) in [6.45, 7) is 2.27. The molecule has 4 nitrogen and oxygen atoms in total. The standard InChI is InChI=1S/C19H19ClN2O2/c1-24-19(23)17-9-6-15(12-18(17)20)21-13-14-4-7-16(8-5-14)22-10-2-3-11-22/h4-9,12-13H,2-3,10-11H2,1H3. The van der Waals surface area contributed by atoms with E-state index in [1.807, 2.05) is 0 Å². The van der Waals surface area contributed by atoms with Crippen LogP contribution in [0.15, 0.2) is 47.5 Å². The van der Waals surface area contributed by atoms with E-state index in [1.54, 1.807) is 24.4 Å². The van der Waals surface area contributed by atoms with Crippen LogP contribution in [-0.2, 0) is 4.74 Å². The van der Waals surface area contributed by atoms with Crippen LogP contribution in [0, 0.1) is 0 Å². The van der Waals surface area contributed by atoms with Gasteiger partial charge in [0.2, 0.25) is 0 Å². The minimum atomic E-state index is -0.451. The zero-order valence-electron chi connectivity index (χ0n) is 13.5. The number of methoxy groups -OCH3 is 1. The predicted molar refractivity (Wildman–Crippen MR) is 97.9 cm³/mol. The lowest BCUT2D eigenvalue weighted by Gasteiger charge is -2.17. The molecule has 1 aliphatic rings. The van der Waals surface area contributed by atoms with E-state index in [2.05, 4.69) is 38.9 Å². The zero-order chi connectivity index (χ0) is 16.9. The molecule has 0 atom stereocenters. The molecule has 0 aliphatic carbocycles. The minimum Gasteiger partial charge on any atom is -0.465 e. The summed E-state index contributed by atoms with van der Waals surface area (Å²) in [5, 5.41) is 0.334. The number of hydrogen-bond acceptors (Lipinski definition) is 4. The molecular weight excluding hydrogens is 324 g/mol. The molecule has 2 aromatic rings. The van der Waals surface area contributed by atoms with Gasteiger partial charge in [0, 0.05) is 25.0 Å². The second-order valence-corrected chi connectivity index (χ2v) is 6.11. The van der Waals surface area contributed by atoms with Crippen molar-refractivity contribution in [1.82, 2.24) is 0 Å². The van der Waals surface area contributed by atoms with E-state index in [0.717, 1.165) is 18.7 Å². The summed E-state index contributed by atoms with van der Waals surface area (Å²) in [6, 6.07) is 13.4. The van der Waals surface area contributed by atoms with Crippen molar-refractivity contribution >= 4 is 35.2 Å². The van der Waals surface area contributed by atoms with E-state index in [4.69, 9.17) is 11.6 Å². The Kier molecular flexibility index (Phi) is 5.16. The van der Waals surface area contributed by atoms with Gasteiger partial charge in [-0.25, -0.2) is 4.79 Å². The van der Waals surface area contributed by atoms with Gasteiger partial charge in [-0.15, -0.1) is 0 Å². The van der Waals surface area contributed by atoms with Crippen molar-refractivity contribution in [3.05, 3.63) is 58.6 Å². The van der Waals surface area contributed by atoms with Gasteiger partial charge in [0.25, 0.3) is 0 Å². The highest BCUT2D eigenvalue weighted by molar-refractivity contribution is 6.33. The van der Waals surface area contributed by atoms with Crippen molar-refractivity contribution < 1.29 is 9.53 Å². The van der Waals surface area contributed by atoms with Gasteiger partial charge in [0.1, 0.15) is 0 Å². The van der Waals surface area contributed by atoms with Crippen LogP contribution < -0.4 is 4.90 Å². The SMILES string of the molecule is COC(=O)c1ccc(N=Cc2ccc(N3CCCC3)cc2)cc1Cl. The Bertz CT molecular complexity index is 750. The van der Waals surface area contributed by atoms with Gasteiger partial charge < -0.3 is 9.64 Å². The summed E-state index contributed by atoms with van der Waals surface area (Å²) < 4.78 is 4.67. The number of benzene rings is 2. The third kappa shape index (κ3) is 3.77. The fourth-order valence-electron chi connectivity index (χ4n) is 2.76. The monoisotopic (exact) mass is 342 g/mol. The van der Waals surface area contributed by atoms with Crippen LogP contribution in [0.3, 0.4) is 0 Å². The highest BCUT2D eigenvalue weighted by Gasteiger charge is 2.12. The highest BCUT2D eigenvalue weighted by atomic mass is 35.5. The molecule has 0 amide bonds. The number of hydrogen-bond donors (Lipinski definition) is 0. The van der Waals surface area contributed by atoms with Crippen LogP contribution in [0.4, 0.5) is 11.4 Å². The molecule has 1 fully saturated rings. The Balaban J connectivity index is 1.71. The summed E-state index contributed by atoms with van der Waals surface area (Å²) >= 11 is 6.10. The van der Waals surface area contributed by atoms with Gasteiger partial charge in [-0.3, -0.25) is 4.99 Å². The first-order chi connectivity index (χ1) is 11.7. The second-order valence-electron chi connectivity index (χ2n) is 5.70. The highest BCUT2D eigenvalue weighted by Crippen LogP contribution is 2.24. The summed E-state index contributed by atoms with van der Waals surface area (Å²) in [6.07, 6.45) is 4.33. The number of esters is 1. The molecule has 0 radical (unpaired) electrons. The largest absolute Gasteiger partial charge is 0.465 e. The molecule has 1 aliphatic heterocycles. The molecule has 0 aromatic heterocycles.